The fraction of sp³-hybridized carbons (Fsp3) is 0.125. The smallest absolute Gasteiger partial charge is 0.132 e. The summed E-state index contributed by atoms with van der Waals surface area (Å²) in [6.07, 6.45) is 0. The molecule has 0 aliphatic heterocycles. The van der Waals surface area contributed by atoms with Crippen LogP contribution in [0, 0.1) is 11.8 Å². The Kier molecular flexibility index (Phi) is 2.76. The predicted octanol–water partition coefficient (Wildman–Crippen LogP) is 2.76. The van der Waals surface area contributed by atoms with Crippen LogP contribution in [0.25, 0.3) is 0 Å². The fourth-order valence-corrected chi connectivity index (χ4v) is 1.14. The highest BCUT2D eigenvalue weighted by Crippen LogP contribution is 2.13. The molecule has 1 heterocycles. The van der Waals surface area contributed by atoms with E-state index in [0.717, 1.165) is 5.56 Å². The molecule has 0 saturated heterocycles. The van der Waals surface area contributed by atoms with E-state index >= 15 is 0 Å². The lowest BCUT2D eigenvalue weighted by atomic mass is 10.3. The van der Waals surface area contributed by atoms with Gasteiger partial charge in [0.15, 0.2) is 0 Å². The molecule has 3 heteroatoms. The molecule has 56 valence electrons. The summed E-state index contributed by atoms with van der Waals surface area (Å²) >= 11 is 11.2. The number of pyridine rings is 1. The fourth-order valence-electron chi connectivity index (χ4n) is 0.681. The zero-order chi connectivity index (χ0) is 8.27. The Labute approximate surface area is 75.4 Å². The van der Waals surface area contributed by atoms with Gasteiger partial charge >= 0.3 is 0 Å². The first-order valence-electron chi connectivity index (χ1n) is 2.98. The standard InChI is InChI=1S/C8H5Cl2N/c1-2-3-6-4-7(9)11-8(10)5-6/h4-5H,1H3. The van der Waals surface area contributed by atoms with Crippen LogP contribution in [0.5, 0.6) is 0 Å². The molecular weight excluding hydrogens is 181 g/mol. The maximum Gasteiger partial charge on any atom is 0.132 e. The van der Waals surface area contributed by atoms with Gasteiger partial charge in [-0.3, -0.25) is 0 Å². The van der Waals surface area contributed by atoms with Crippen LogP contribution in [0.15, 0.2) is 12.1 Å². The van der Waals surface area contributed by atoms with Gasteiger partial charge in [0.25, 0.3) is 0 Å². The molecule has 1 aromatic rings. The molecule has 1 rings (SSSR count). The largest absolute Gasteiger partial charge is 0.224 e. The number of hydrogen-bond donors (Lipinski definition) is 0. The molecule has 0 N–H and O–H groups in total. The third kappa shape index (κ3) is 2.42. The van der Waals surface area contributed by atoms with Crippen LogP contribution >= 0.6 is 23.2 Å². The second-order valence-corrected chi connectivity index (χ2v) is 2.65. The summed E-state index contributed by atoms with van der Waals surface area (Å²) in [5.74, 6) is 5.57. The monoisotopic (exact) mass is 185 g/mol. The molecule has 11 heavy (non-hydrogen) atoms. The molecule has 0 bridgehead atoms. The van der Waals surface area contributed by atoms with E-state index in [0.29, 0.717) is 10.3 Å². The van der Waals surface area contributed by atoms with Gasteiger partial charge in [-0.15, -0.1) is 5.92 Å². The minimum absolute atomic E-state index is 0.371. The van der Waals surface area contributed by atoms with Gasteiger partial charge in [-0.1, -0.05) is 29.1 Å². The molecule has 0 spiro atoms. The van der Waals surface area contributed by atoms with Crippen LogP contribution in [0.3, 0.4) is 0 Å². The van der Waals surface area contributed by atoms with E-state index in [1.54, 1.807) is 19.1 Å². The lowest BCUT2D eigenvalue weighted by Gasteiger charge is -1.92. The topological polar surface area (TPSA) is 12.9 Å². The Morgan fingerprint density at radius 1 is 1.27 bits per heavy atom. The summed E-state index contributed by atoms with van der Waals surface area (Å²) in [6.45, 7) is 1.75. The molecule has 0 unspecified atom stereocenters. The van der Waals surface area contributed by atoms with Crippen LogP contribution in [-0.4, -0.2) is 4.98 Å². The Hall–Kier alpha value is -0.710. The minimum atomic E-state index is 0.371. The molecule has 1 nitrogen and oxygen atoms in total. The van der Waals surface area contributed by atoms with Gasteiger partial charge in [0.1, 0.15) is 10.3 Å². The molecule has 0 amide bonds. The van der Waals surface area contributed by atoms with Crippen molar-refractivity contribution in [3.63, 3.8) is 0 Å². The third-order valence-electron chi connectivity index (χ3n) is 1.03. The van der Waals surface area contributed by atoms with Crippen LogP contribution < -0.4 is 0 Å². The first kappa shape index (κ1) is 8.39. The first-order valence-corrected chi connectivity index (χ1v) is 3.74. The van der Waals surface area contributed by atoms with Gasteiger partial charge < -0.3 is 0 Å². The quantitative estimate of drug-likeness (QED) is 0.448. The molecule has 0 aliphatic carbocycles. The van der Waals surface area contributed by atoms with E-state index in [2.05, 4.69) is 16.8 Å². The van der Waals surface area contributed by atoms with E-state index in [1.165, 1.54) is 0 Å². The maximum absolute atomic E-state index is 5.62. The Bertz CT molecular complexity index is 302. The van der Waals surface area contributed by atoms with Crippen molar-refractivity contribution in [2.45, 2.75) is 6.92 Å². The third-order valence-corrected chi connectivity index (χ3v) is 1.42. The Balaban J connectivity index is 3.15. The molecule has 0 radical (unpaired) electrons. The highest BCUT2D eigenvalue weighted by atomic mass is 35.5. The van der Waals surface area contributed by atoms with Crippen molar-refractivity contribution in [3.05, 3.63) is 28.0 Å². The van der Waals surface area contributed by atoms with Gasteiger partial charge in [0, 0.05) is 5.56 Å². The molecule has 0 aliphatic rings. The highest BCUT2D eigenvalue weighted by Gasteiger charge is 1.95. The second-order valence-electron chi connectivity index (χ2n) is 1.88. The van der Waals surface area contributed by atoms with Crippen molar-refractivity contribution in [1.82, 2.24) is 4.98 Å². The number of aromatic nitrogens is 1. The number of hydrogen-bond acceptors (Lipinski definition) is 1. The van der Waals surface area contributed by atoms with Crippen LogP contribution in [0.1, 0.15) is 12.5 Å². The number of halogens is 2. The number of rotatable bonds is 0. The van der Waals surface area contributed by atoms with E-state index in [1.807, 2.05) is 0 Å². The molecular formula is C8H5Cl2N. The molecule has 0 aromatic carbocycles. The normalized spacial score (nSPS) is 8.64. The molecule has 0 atom stereocenters. The zero-order valence-electron chi connectivity index (χ0n) is 5.86. The number of nitrogens with zero attached hydrogens (tertiary/aromatic N) is 1. The molecule has 1 aromatic heterocycles. The predicted molar refractivity (Wildman–Crippen MR) is 46.8 cm³/mol. The average molecular weight is 186 g/mol. The lowest BCUT2D eigenvalue weighted by molar-refractivity contribution is 1.32. The lowest BCUT2D eigenvalue weighted by Crippen LogP contribution is -1.79. The first-order chi connectivity index (χ1) is 5.22. The summed E-state index contributed by atoms with van der Waals surface area (Å²) in [5.41, 5.74) is 0.789. The SMILES string of the molecule is CC#Cc1cc(Cl)nc(Cl)c1. The van der Waals surface area contributed by atoms with Crippen LogP contribution in [0.4, 0.5) is 0 Å². The van der Waals surface area contributed by atoms with E-state index in [4.69, 9.17) is 23.2 Å². The minimum Gasteiger partial charge on any atom is -0.224 e. The average Bonchev–Trinajstić information content (AvgIpc) is 1.85. The van der Waals surface area contributed by atoms with Gasteiger partial charge in [-0.25, -0.2) is 4.98 Å². The molecule has 0 saturated carbocycles. The second kappa shape index (κ2) is 3.61. The Morgan fingerprint density at radius 2 is 1.82 bits per heavy atom. The van der Waals surface area contributed by atoms with Crippen molar-refractivity contribution in [3.8, 4) is 11.8 Å². The van der Waals surface area contributed by atoms with Crippen molar-refractivity contribution in [1.29, 1.82) is 0 Å². The van der Waals surface area contributed by atoms with E-state index < -0.39 is 0 Å². The van der Waals surface area contributed by atoms with Gasteiger partial charge in [-0.2, -0.15) is 0 Å². The summed E-state index contributed by atoms with van der Waals surface area (Å²) < 4.78 is 0. The van der Waals surface area contributed by atoms with Crippen molar-refractivity contribution in [2.75, 3.05) is 0 Å². The zero-order valence-corrected chi connectivity index (χ0v) is 7.37. The van der Waals surface area contributed by atoms with E-state index in [-0.39, 0.29) is 0 Å². The van der Waals surface area contributed by atoms with Crippen LogP contribution in [-0.2, 0) is 0 Å². The van der Waals surface area contributed by atoms with Gasteiger partial charge in [0.2, 0.25) is 0 Å². The van der Waals surface area contributed by atoms with Gasteiger partial charge in [-0.05, 0) is 19.1 Å². The van der Waals surface area contributed by atoms with E-state index in [9.17, 15) is 0 Å². The van der Waals surface area contributed by atoms with Crippen molar-refractivity contribution >= 4 is 23.2 Å². The summed E-state index contributed by atoms with van der Waals surface area (Å²) in [7, 11) is 0. The van der Waals surface area contributed by atoms with Crippen molar-refractivity contribution in [2.24, 2.45) is 0 Å². The maximum atomic E-state index is 5.62. The summed E-state index contributed by atoms with van der Waals surface area (Å²) in [6, 6.07) is 3.34. The highest BCUT2D eigenvalue weighted by molar-refractivity contribution is 6.32. The summed E-state index contributed by atoms with van der Waals surface area (Å²) in [4.78, 5) is 3.78. The van der Waals surface area contributed by atoms with Crippen LogP contribution in [0.2, 0.25) is 10.3 Å². The van der Waals surface area contributed by atoms with Crippen molar-refractivity contribution < 1.29 is 0 Å². The van der Waals surface area contributed by atoms with Gasteiger partial charge in [0.05, 0.1) is 0 Å². The summed E-state index contributed by atoms with van der Waals surface area (Å²) in [5, 5.41) is 0.741. The Morgan fingerprint density at radius 3 is 2.27 bits per heavy atom. The molecule has 0 fully saturated rings.